The predicted octanol–water partition coefficient (Wildman–Crippen LogP) is 4.14. The number of benzene rings is 1. The highest BCUT2D eigenvalue weighted by atomic mass is 32.2. The first-order chi connectivity index (χ1) is 17.8. The zero-order valence-corrected chi connectivity index (χ0v) is 22.2. The molecule has 1 spiro atoms. The van der Waals surface area contributed by atoms with Crippen molar-refractivity contribution in [1.29, 1.82) is 0 Å². The van der Waals surface area contributed by atoms with Crippen LogP contribution in [0.1, 0.15) is 56.6 Å². The second-order valence-corrected chi connectivity index (χ2v) is 12.9. The number of aromatic nitrogens is 1. The second-order valence-electron chi connectivity index (χ2n) is 10.7. The van der Waals surface area contributed by atoms with Gasteiger partial charge in [0.25, 0.3) is 0 Å². The van der Waals surface area contributed by atoms with Crippen LogP contribution in [-0.2, 0) is 26.7 Å². The van der Waals surface area contributed by atoms with Gasteiger partial charge in [0.2, 0.25) is 0 Å². The molecule has 8 nitrogen and oxygen atoms in total. The average molecular weight is 529 g/mol. The molecule has 1 atom stereocenters. The predicted molar refractivity (Wildman–Crippen MR) is 140 cm³/mol. The molecule has 1 aliphatic carbocycles. The Balaban J connectivity index is 1.18. The number of carbonyl (C=O) groups is 1. The molecular formula is C28H36N2O6S. The van der Waals surface area contributed by atoms with Crippen molar-refractivity contribution in [3.8, 4) is 17.0 Å². The Morgan fingerprint density at radius 1 is 1.22 bits per heavy atom. The first kappa shape index (κ1) is 26.0. The van der Waals surface area contributed by atoms with Gasteiger partial charge in [-0.25, -0.2) is 13.2 Å². The minimum absolute atomic E-state index is 0.00555. The topological polar surface area (TPSA) is 106 Å². The van der Waals surface area contributed by atoms with Crippen molar-refractivity contribution in [2.45, 2.75) is 69.3 Å². The van der Waals surface area contributed by atoms with Crippen LogP contribution in [0.3, 0.4) is 0 Å². The Hall–Kier alpha value is -2.65. The summed E-state index contributed by atoms with van der Waals surface area (Å²) in [6.07, 6.45) is 7.38. The highest BCUT2D eigenvalue weighted by Crippen LogP contribution is 2.41. The van der Waals surface area contributed by atoms with E-state index in [9.17, 15) is 13.2 Å². The number of piperidine rings is 1. The maximum atomic E-state index is 12.5. The molecule has 1 saturated heterocycles. The lowest BCUT2D eigenvalue weighted by molar-refractivity contribution is -0.0194. The summed E-state index contributed by atoms with van der Waals surface area (Å²) in [6, 6.07) is 9.74. The van der Waals surface area contributed by atoms with E-state index in [0.29, 0.717) is 24.6 Å². The van der Waals surface area contributed by atoms with Crippen LogP contribution in [0.25, 0.3) is 11.3 Å². The molecule has 3 aliphatic rings. The van der Waals surface area contributed by atoms with E-state index in [0.717, 1.165) is 61.1 Å². The van der Waals surface area contributed by atoms with Gasteiger partial charge in [0.05, 0.1) is 17.2 Å². The molecule has 0 bridgehead atoms. The van der Waals surface area contributed by atoms with Gasteiger partial charge >= 0.3 is 6.09 Å². The van der Waals surface area contributed by atoms with Gasteiger partial charge < -0.3 is 19.5 Å². The number of pyridine rings is 1. The van der Waals surface area contributed by atoms with E-state index in [1.54, 1.807) is 12.3 Å². The SMILES string of the molecule is CC(OC(=O)N1CCC2(CCc3cc(-c4ccc(CS(=O)(=O)CCCO)cn4)ccc3O2)CC1)C1CC1. The molecule has 2 aromatic rings. The molecule has 1 amide bonds. The lowest BCUT2D eigenvalue weighted by Gasteiger charge is -2.44. The minimum Gasteiger partial charge on any atom is -0.487 e. The average Bonchev–Trinajstić information content (AvgIpc) is 3.74. The van der Waals surface area contributed by atoms with Crippen molar-refractivity contribution >= 4 is 15.9 Å². The van der Waals surface area contributed by atoms with Crippen LogP contribution in [0.4, 0.5) is 4.79 Å². The number of carbonyl (C=O) groups excluding carboxylic acids is 1. The van der Waals surface area contributed by atoms with Crippen molar-refractivity contribution in [3.63, 3.8) is 0 Å². The maximum Gasteiger partial charge on any atom is 0.410 e. The number of aliphatic hydroxyl groups is 1. The van der Waals surface area contributed by atoms with Gasteiger partial charge in [-0.15, -0.1) is 0 Å². The largest absolute Gasteiger partial charge is 0.487 e. The van der Waals surface area contributed by atoms with E-state index < -0.39 is 9.84 Å². The van der Waals surface area contributed by atoms with Crippen molar-refractivity contribution in [2.24, 2.45) is 5.92 Å². The number of aryl methyl sites for hydroxylation is 1. The van der Waals surface area contributed by atoms with E-state index in [1.807, 2.05) is 30.0 Å². The van der Waals surface area contributed by atoms with Crippen LogP contribution < -0.4 is 4.74 Å². The van der Waals surface area contributed by atoms with Crippen molar-refractivity contribution in [2.75, 3.05) is 25.4 Å². The number of hydrogen-bond acceptors (Lipinski definition) is 7. The summed E-state index contributed by atoms with van der Waals surface area (Å²) < 4.78 is 36.5. The number of sulfone groups is 1. The molecule has 1 aromatic carbocycles. The maximum absolute atomic E-state index is 12.5. The van der Waals surface area contributed by atoms with Gasteiger partial charge in [-0.3, -0.25) is 4.98 Å². The molecule has 1 aromatic heterocycles. The summed E-state index contributed by atoms with van der Waals surface area (Å²) >= 11 is 0. The zero-order chi connectivity index (χ0) is 26.0. The number of rotatable bonds is 8. The van der Waals surface area contributed by atoms with Gasteiger partial charge in [-0.05, 0) is 80.3 Å². The number of nitrogens with zero attached hydrogens (tertiary/aromatic N) is 2. The van der Waals surface area contributed by atoms with Gasteiger partial charge in [-0.2, -0.15) is 0 Å². The highest BCUT2D eigenvalue weighted by Gasteiger charge is 2.41. The zero-order valence-electron chi connectivity index (χ0n) is 21.4. The van der Waals surface area contributed by atoms with Crippen LogP contribution >= 0.6 is 0 Å². The lowest BCUT2D eigenvalue weighted by Crippen LogP contribution is -2.51. The van der Waals surface area contributed by atoms with Gasteiger partial charge in [0.1, 0.15) is 17.5 Å². The Morgan fingerprint density at radius 2 is 2.00 bits per heavy atom. The molecule has 9 heteroatoms. The fourth-order valence-electron chi connectivity index (χ4n) is 5.32. The first-order valence-corrected chi connectivity index (χ1v) is 15.1. The molecule has 1 N–H and O–H groups in total. The molecule has 1 unspecified atom stereocenters. The fourth-order valence-corrected chi connectivity index (χ4v) is 6.71. The third kappa shape index (κ3) is 6.26. The van der Waals surface area contributed by atoms with E-state index in [-0.39, 0.29) is 42.3 Å². The third-order valence-corrected chi connectivity index (χ3v) is 9.55. The summed E-state index contributed by atoms with van der Waals surface area (Å²) in [5.41, 5.74) is 3.29. The Bertz CT molecular complexity index is 1220. The highest BCUT2D eigenvalue weighted by molar-refractivity contribution is 7.90. The minimum atomic E-state index is -3.26. The van der Waals surface area contributed by atoms with E-state index >= 15 is 0 Å². The molecular weight excluding hydrogens is 492 g/mol. The monoisotopic (exact) mass is 528 g/mol. The Kier molecular flexibility index (Phi) is 7.45. The number of amides is 1. The second kappa shape index (κ2) is 10.6. The fraction of sp³-hybridized carbons (Fsp3) is 0.571. The molecule has 1 saturated carbocycles. The van der Waals surface area contributed by atoms with E-state index in [4.69, 9.17) is 14.6 Å². The molecule has 200 valence electrons. The quantitative estimate of drug-likeness (QED) is 0.549. The van der Waals surface area contributed by atoms with Crippen LogP contribution in [0, 0.1) is 5.92 Å². The standard InChI is InChI=1S/C28H36N2O6S/c1-20(22-4-5-22)35-27(32)30-13-11-28(12-14-30)10-9-24-17-23(6-8-26(24)36-28)25-7-3-21(18-29-25)19-37(33,34)16-2-15-31/h3,6-8,17-18,20,22,31H,2,4-5,9-16,19H2,1H3. The third-order valence-electron chi connectivity index (χ3n) is 7.86. The Morgan fingerprint density at radius 3 is 2.68 bits per heavy atom. The van der Waals surface area contributed by atoms with Gasteiger partial charge in [0, 0.05) is 44.3 Å². The van der Waals surface area contributed by atoms with Crippen LogP contribution in [0.5, 0.6) is 5.75 Å². The molecule has 37 heavy (non-hydrogen) atoms. The summed E-state index contributed by atoms with van der Waals surface area (Å²) in [6.45, 7) is 3.16. The van der Waals surface area contributed by atoms with E-state index in [2.05, 4.69) is 11.1 Å². The number of likely N-dealkylation sites (tertiary alicyclic amines) is 1. The summed E-state index contributed by atoms with van der Waals surface area (Å²) in [4.78, 5) is 18.9. The number of aliphatic hydroxyl groups excluding tert-OH is 1. The molecule has 3 heterocycles. The summed E-state index contributed by atoms with van der Waals surface area (Å²) in [5, 5.41) is 8.88. The molecule has 0 radical (unpaired) electrons. The molecule has 2 fully saturated rings. The summed E-state index contributed by atoms with van der Waals surface area (Å²) in [7, 11) is -3.26. The van der Waals surface area contributed by atoms with Crippen LogP contribution in [0.15, 0.2) is 36.5 Å². The number of hydrogen-bond donors (Lipinski definition) is 1. The summed E-state index contributed by atoms with van der Waals surface area (Å²) in [5.74, 6) is 1.32. The Labute approximate surface area is 218 Å². The smallest absolute Gasteiger partial charge is 0.410 e. The van der Waals surface area contributed by atoms with Gasteiger partial charge in [0.15, 0.2) is 9.84 Å². The van der Waals surface area contributed by atoms with Crippen molar-refractivity contribution in [1.82, 2.24) is 9.88 Å². The first-order valence-electron chi connectivity index (χ1n) is 13.3. The van der Waals surface area contributed by atoms with Crippen LogP contribution in [-0.4, -0.2) is 66.7 Å². The number of fused-ring (bicyclic) bond motifs is 1. The van der Waals surface area contributed by atoms with Gasteiger partial charge in [-0.1, -0.05) is 6.07 Å². The molecule has 5 rings (SSSR count). The van der Waals surface area contributed by atoms with E-state index in [1.165, 1.54) is 0 Å². The lowest BCUT2D eigenvalue weighted by atomic mass is 9.83. The van der Waals surface area contributed by atoms with Crippen molar-refractivity contribution < 1.29 is 27.8 Å². The van der Waals surface area contributed by atoms with Crippen molar-refractivity contribution in [3.05, 3.63) is 47.7 Å². The number of ether oxygens (including phenoxy) is 2. The van der Waals surface area contributed by atoms with Crippen LogP contribution in [0.2, 0.25) is 0 Å². The molecule has 2 aliphatic heterocycles. The normalized spacial score (nSPS) is 19.7.